The van der Waals surface area contributed by atoms with Crippen molar-refractivity contribution in [1.82, 2.24) is 0 Å². The van der Waals surface area contributed by atoms with E-state index in [1.807, 2.05) is 13.8 Å². The molecule has 0 spiro atoms. The maximum Gasteiger partial charge on any atom is 0.331 e. The Labute approximate surface area is 115 Å². The Morgan fingerprint density at radius 1 is 1.37 bits per heavy atom. The van der Waals surface area contributed by atoms with Gasteiger partial charge in [-0.25, -0.2) is 0 Å². The van der Waals surface area contributed by atoms with E-state index in [1.165, 1.54) is 0 Å². The topological polar surface area (TPSA) is 85.2 Å². The van der Waals surface area contributed by atoms with Gasteiger partial charge in [-0.3, -0.25) is 9.09 Å². The molecule has 1 aliphatic heterocycles. The fourth-order valence-corrected chi connectivity index (χ4v) is 2.47. The minimum atomic E-state index is -3.81. The van der Waals surface area contributed by atoms with Crippen LogP contribution in [0.1, 0.15) is 27.7 Å². The van der Waals surface area contributed by atoms with Gasteiger partial charge in [-0.05, 0) is 13.8 Å². The molecule has 0 amide bonds. The molecule has 0 aliphatic carbocycles. The van der Waals surface area contributed by atoms with Crippen molar-refractivity contribution >= 4 is 15.4 Å². The normalized spacial score (nSPS) is 34.9. The molecule has 2 N–H and O–H groups in total. The fourth-order valence-electron chi connectivity index (χ4n) is 1.61. The monoisotopic (exact) mass is 292 g/mol. The third-order valence-electron chi connectivity index (χ3n) is 2.89. The summed E-state index contributed by atoms with van der Waals surface area (Å²) in [5, 5.41) is 9.88. The van der Waals surface area contributed by atoms with Crippen molar-refractivity contribution < 1.29 is 28.6 Å². The lowest BCUT2D eigenvalue weighted by molar-refractivity contribution is -0.0445. The van der Waals surface area contributed by atoms with Crippen molar-refractivity contribution in [1.29, 1.82) is 0 Å². The third kappa shape index (κ3) is 4.55. The highest BCUT2D eigenvalue weighted by Gasteiger charge is 2.45. The van der Waals surface area contributed by atoms with Crippen molar-refractivity contribution in [3.8, 4) is 0 Å². The second kappa shape index (κ2) is 6.70. The van der Waals surface area contributed by atoms with E-state index in [0.29, 0.717) is 0 Å². The Morgan fingerprint density at radius 3 is 2.42 bits per heavy atom. The smallest absolute Gasteiger partial charge is 0.331 e. The standard InChI is InChI=1S/C11H22BO6P/c1-6(2)16-5-8-10(9(13)11(12)17-8)18-19(14,15)7(3)4/h6-11,13H,5H2,1-4H3,(H,14,15)/t8-,9-,10-,11-/m1/s1. The molecule has 1 fully saturated rings. The predicted octanol–water partition coefficient (Wildman–Crippen LogP) is 0.645. The summed E-state index contributed by atoms with van der Waals surface area (Å²) in [6.07, 6.45) is -2.80. The van der Waals surface area contributed by atoms with Crippen LogP contribution >= 0.6 is 7.60 Å². The number of hydrogen-bond acceptors (Lipinski definition) is 5. The molecule has 1 saturated heterocycles. The van der Waals surface area contributed by atoms with Gasteiger partial charge in [-0.15, -0.1) is 0 Å². The van der Waals surface area contributed by atoms with Gasteiger partial charge in [0.1, 0.15) is 26.2 Å². The van der Waals surface area contributed by atoms with Crippen molar-refractivity contribution in [2.24, 2.45) is 0 Å². The lowest BCUT2D eigenvalue weighted by Crippen LogP contribution is -2.37. The van der Waals surface area contributed by atoms with Crippen LogP contribution in [0, 0.1) is 0 Å². The van der Waals surface area contributed by atoms with E-state index in [4.69, 9.17) is 21.8 Å². The molecule has 0 saturated carbocycles. The van der Waals surface area contributed by atoms with Crippen LogP contribution in [0.25, 0.3) is 0 Å². The number of rotatable bonds is 6. The maximum atomic E-state index is 11.9. The lowest BCUT2D eigenvalue weighted by atomic mass is 9.93. The molecular formula is C11H22BO6P. The Bertz CT molecular complexity index is 337. The van der Waals surface area contributed by atoms with E-state index in [-0.39, 0.29) is 12.7 Å². The van der Waals surface area contributed by atoms with Gasteiger partial charge in [0.2, 0.25) is 0 Å². The van der Waals surface area contributed by atoms with E-state index >= 15 is 0 Å². The minimum absolute atomic E-state index is 0.0238. The molecule has 5 atom stereocenters. The van der Waals surface area contributed by atoms with Crippen LogP contribution in [0.2, 0.25) is 0 Å². The Balaban J connectivity index is 2.72. The summed E-state index contributed by atoms with van der Waals surface area (Å²) >= 11 is 0. The summed E-state index contributed by atoms with van der Waals surface area (Å²) in [7, 11) is 1.77. The zero-order chi connectivity index (χ0) is 14.8. The van der Waals surface area contributed by atoms with Crippen molar-refractivity contribution in [3.05, 3.63) is 0 Å². The second-order valence-corrected chi connectivity index (χ2v) is 7.61. The van der Waals surface area contributed by atoms with Crippen LogP contribution in [0.4, 0.5) is 0 Å². The van der Waals surface area contributed by atoms with Gasteiger partial charge < -0.3 is 19.5 Å². The number of aliphatic hydroxyl groups is 1. The van der Waals surface area contributed by atoms with Gasteiger partial charge in [-0.2, -0.15) is 0 Å². The highest BCUT2D eigenvalue weighted by molar-refractivity contribution is 7.53. The van der Waals surface area contributed by atoms with Gasteiger partial charge in [0, 0.05) is 6.00 Å². The first-order chi connectivity index (χ1) is 8.65. The van der Waals surface area contributed by atoms with Crippen LogP contribution in [-0.4, -0.2) is 60.5 Å². The van der Waals surface area contributed by atoms with Crippen LogP contribution in [0.15, 0.2) is 0 Å². The summed E-state index contributed by atoms with van der Waals surface area (Å²) in [5.74, 6) is 0. The van der Waals surface area contributed by atoms with Crippen LogP contribution < -0.4 is 0 Å². The summed E-state index contributed by atoms with van der Waals surface area (Å²) in [5.41, 5.74) is -0.566. The van der Waals surface area contributed by atoms with Gasteiger partial charge in [0.25, 0.3) is 0 Å². The predicted molar refractivity (Wildman–Crippen MR) is 71.3 cm³/mol. The zero-order valence-corrected chi connectivity index (χ0v) is 12.6. The molecule has 19 heavy (non-hydrogen) atoms. The van der Waals surface area contributed by atoms with Crippen molar-refractivity contribution in [3.63, 3.8) is 0 Å². The van der Waals surface area contributed by atoms with Crippen molar-refractivity contribution in [2.45, 2.75) is 63.8 Å². The van der Waals surface area contributed by atoms with Gasteiger partial charge in [-0.1, -0.05) is 13.8 Å². The highest BCUT2D eigenvalue weighted by atomic mass is 31.2. The Hall–Kier alpha value is 0.0949. The first kappa shape index (κ1) is 17.1. The molecule has 1 aliphatic rings. The molecule has 0 aromatic carbocycles. The molecule has 0 aromatic rings. The quantitative estimate of drug-likeness (QED) is 0.552. The molecule has 0 aromatic heterocycles. The van der Waals surface area contributed by atoms with E-state index in [2.05, 4.69) is 0 Å². The average molecular weight is 292 g/mol. The molecule has 1 unspecified atom stereocenters. The zero-order valence-electron chi connectivity index (χ0n) is 11.7. The van der Waals surface area contributed by atoms with Crippen molar-refractivity contribution in [2.75, 3.05) is 6.61 Å². The van der Waals surface area contributed by atoms with Crippen LogP contribution in [-0.2, 0) is 18.6 Å². The molecule has 1 heterocycles. The number of ether oxygens (including phenoxy) is 2. The highest BCUT2D eigenvalue weighted by Crippen LogP contribution is 2.50. The summed E-state index contributed by atoms with van der Waals surface area (Å²) in [6, 6.07) is -0.946. The Morgan fingerprint density at radius 2 is 1.95 bits per heavy atom. The average Bonchev–Trinajstić information content (AvgIpc) is 2.53. The van der Waals surface area contributed by atoms with Gasteiger partial charge >= 0.3 is 7.60 Å². The largest absolute Gasteiger partial charge is 0.388 e. The summed E-state index contributed by atoms with van der Waals surface area (Å²) in [6.45, 7) is 6.99. The third-order valence-corrected chi connectivity index (χ3v) is 4.74. The lowest BCUT2D eigenvalue weighted by Gasteiger charge is -2.25. The van der Waals surface area contributed by atoms with E-state index in [0.717, 1.165) is 0 Å². The Kier molecular flexibility index (Phi) is 6.05. The van der Waals surface area contributed by atoms with E-state index < -0.39 is 37.6 Å². The molecule has 6 nitrogen and oxygen atoms in total. The molecule has 1 rings (SSSR count). The molecule has 2 radical (unpaired) electrons. The number of aliphatic hydroxyl groups excluding tert-OH is 1. The summed E-state index contributed by atoms with van der Waals surface area (Å²) in [4.78, 5) is 9.74. The van der Waals surface area contributed by atoms with Crippen LogP contribution in [0.3, 0.4) is 0 Å². The first-order valence-electron chi connectivity index (χ1n) is 6.36. The molecular weight excluding hydrogens is 270 g/mol. The second-order valence-electron chi connectivity index (χ2n) is 5.24. The minimum Gasteiger partial charge on any atom is -0.388 e. The van der Waals surface area contributed by atoms with E-state index in [1.54, 1.807) is 13.8 Å². The summed E-state index contributed by atoms with van der Waals surface area (Å²) < 4.78 is 27.7. The fraction of sp³-hybridized carbons (Fsp3) is 1.00. The van der Waals surface area contributed by atoms with Crippen LogP contribution in [0.5, 0.6) is 0 Å². The molecule has 110 valence electrons. The van der Waals surface area contributed by atoms with Gasteiger partial charge in [0.05, 0.1) is 18.4 Å². The maximum absolute atomic E-state index is 11.9. The molecule has 0 bridgehead atoms. The first-order valence-corrected chi connectivity index (χ1v) is 8.01. The van der Waals surface area contributed by atoms with Gasteiger partial charge in [0.15, 0.2) is 0 Å². The molecule has 8 heteroatoms. The number of hydrogen-bond donors (Lipinski definition) is 2. The SMILES string of the molecule is [B][C@@H]1O[C@H](COC(C)C)[C@@H](OP(=O)(O)C(C)C)[C@H]1O. The van der Waals surface area contributed by atoms with E-state index in [9.17, 15) is 14.6 Å².